The predicted molar refractivity (Wildman–Crippen MR) is 199 cm³/mol. The molecule has 2 aromatic rings. The van der Waals surface area contributed by atoms with Crippen molar-refractivity contribution in [3.63, 3.8) is 0 Å². The van der Waals surface area contributed by atoms with E-state index >= 15 is 0 Å². The van der Waals surface area contributed by atoms with Crippen LogP contribution in [0.3, 0.4) is 0 Å². The number of likely N-dealkylation sites (N-methyl/N-ethyl adjacent to an activating group) is 1. The molecule has 0 aromatic heterocycles. The zero-order valence-corrected chi connectivity index (χ0v) is 31.8. The molecule has 1 saturated heterocycles. The highest BCUT2D eigenvalue weighted by molar-refractivity contribution is 5.95. The van der Waals surface area contributed by atoms with Crippen LogP contribution in [0.2, 0.25) is 0 Å². The predicted octanol–water partition coefficient (Wildman–Crippen LogP) is 5.96. The fourth-order valence-corrected chi connectivity index (χ4v) is 7.11. The number of carbonyl (C=O) groups excluding carboxylic acids is 5. The minimum atomic E-state index is -1.05. The first-order valence-corrected chi connectivity index (χ1v) is 19.0. The lowest BCUT2D eigenvalue weighted by Gasteiger charge is -2.36. The Kier molecular flexibility index (Phi) is 14.7. The first-order valence-electron chi connectivity index (χ1n) is 19.0. The van der Waals surface area contributed by atoms with Gasteiger partial charge in [-0.05, 0) is 76.8 Å². The molecule has 4 atom stereocenters. The molecule has 1 saturated carbocycles. The van der Waals surface area contributed by atoms with Crippen molar-refractivity contribution < 1.29 is 33.4 Å². The Bertz CT molecular complexity index is 1450. The summed E-state index contributed by atoms with van der Waals surface area (Å²) >= 11 is 0. The highest BCUT2D eigenvalue weighted by Crippen LogP contribution is 2.32. The van der Waals surface area contributed by atoms with Gasteiger partial charge in [-0.25, -0.2) is 9.59 Å². The van der Waals surface area contributed by atoms with E-state index in [-0.39, 0.29) is 18.4 Å². The van der Waals surface area contributed by atoms with Crippen molar-refractivity contribution in [1.29, 1.82) is 0 Å². The summed E-state index contributed by atoms with van der Waals surface area (Å²) < 4.78 is 11.2. The van der Waals surface area contributed by atoms with Crippen molar-refractivity contribution in [1.82, 2.24) is 20.4 Å². The van der Waals surface area contributed by atoms with E-state index in [1.807, 2.05) is 67.6 Å². The number of ether oxygens (including phenoxy) is 2. The molecule has 2 aliphatic rings. The summed E-state index contributed by atoms with van der Waals surface area (Å²) in [5.41, 5.74) is 0.952. The molecular formula is C41H58N4O7. The fourth-order valence-electron chi connectivity index (χ4n) is 7.11. The van der Waals surface area contributed by atoms with E-state index in [0.29, 0.717) is 25.8 Å². The van der Waals surface area contributed by atoms with Crippen molar-refractivity contribution in [2.75, 3.05) is 20.2 Å². The summed E-state index contributed by atoms with van der Waals surface area (Å²) in [5, 5.41) is 6.02. The molecule has 0 bridgehead atoms. The first-order chi connectivity index (χ1) is 24.8. The van der Waals surface area contributed by atoms with Crippen molar-refractivity contribution in [2.45, 2.75) is 128 Å². The molecule has 11 heteroatoms. The second-order valence-electron chi connectivity index (χ2n) is 15.1. The smallest absolute Gasteiger partial charge is 0.410 e. The summed E-state index contributed by atoms with van der Waals surface area (Å²) in [6.07, 6.45) is 6.36. The van der Waals surface area contributed by atoms with Crippen LogP contribution in [0.5, 0.6) is 0 Å². The minimum absolute atomic E-state index is 0.115. The lowest BCUT2D eigenvalue weighted by atomic mass is 9.83. The number of nitrogens with zero attached hydrogens (tertiary/aromatic N) is 2. The fraction of sp³-hybridized carbons (Fsp3) is 0.585. The molecule has 284 valence electrons. The number of likely N-dealkylation sites (tertiary alicyclic amines) is 1. The summed E-state index contributed by atoms with van der Waals surface area (Å²) in [4.78, 5) is 71.9. The van der Waals surface area contributed by atoms with Gasteiger partial charge in [-0.1, -0.05) is 93.3 Å². The normalized spacial score (nSPS) is 18.2. The van der Waals surface area contributed by atoms with E-state index in [2.05, 4.69) is 10.6 Å². The van der Waals surface area contributed by atoms with Gasteiger partial charge in [0.25, 0.3) is 0 Å². The van der Waals surface area contributed by atoms with Crippen LogP contribution in [-0.4, -0.2) is 89.6 Å². The molecule has 52 heavy (non-hydrogen) atoms. The topological polar surface area (TPSA) is 134 Å². The van der Waals surface area contributed by atoms with E-state index in [9.17, 15) is 24.0 Å². The number of hydrogen-bond acceptors (Lipinski definition) is 7. The Balaban J connectivity index is 1.59. The molecule has 2 fully saturated rings. The molecule has 0 radical (unpaired) electrons. The van der Waals surface area contributed by atoms with Crippen LogP contribution < -0.4 is 10.6 Å². The van der Waals surface area contributed by atoms with Crippen molar-refractivity contribution >= 4 is 29.8 Å². The number of amides is 4. The summed E-state index contributed by atoms with van der Waals surface area (Å²) in [7, 11) is 1.50. The molecule has 2 aromatic carbocycles. The van der Waals surface area contributed by atoms with Gasteiger partial charge in [-0.2, -0.15) is 0 Å². The third kappa shape index (κ3) is 10.8. The Morgan fingerprint density at radius 1 is 0.865 bits per heavy atom. The monoisotopic (exact) mass is 718 g/mol. The van der Waals surface area contributed by atoms with E-state index in [1.54, 1.807) is 32.6 Å². The molecule has 4 rings (SSSR count). The van der Waals surface area contributed by atoms with Crippen molar-refractivity contribution in [3.05, 3.63) is 71.8 Å². The van der Waals surface area contributed by atoms with E-state index < -0.39 is 59.6 Å². The Labute approximate surface area is 309 Å². The van der Waals surface area contributed by atoms with E-state index in [0.717, 1.165) is 49.7 Å². The van der Waals surface area contributed by atoms with Crippen LogP contribution in [0.4, 0.5) is 4.79 Å². The number of esters is 1. The molecule has 4 amide bonds. The summed E-state index contributed by atoms with van der Waals surface area (Å²) in [6.45, 7) is 9.45. The lowest BCUT2D eigenvalue weighted by molar-refractivity contribution is -0.149. The minimum Gasteiger partial charge on any atom is -0.464 e. The lowest BCUT2D eigenvalue weighted by Crippen LogP contribution is -2.59. The maximum atomic E-state index is 14.5. The number of rotatable bonds is 14. The zero-order valence-electron chi connectivity index (χ0n) is 31.8. The number of carbonyl (C=O) groups is 5. The number of hydrogen-bond donors (Lipinski definition) is 2. The number of unbranched alkanes of at least 4 members (excludes halogenated alkanes) is 1. The molecule has 2 N–H and O–H groups in total. The van der Waals surface area contributed by atoms with Gasteiger partial charge in [0.1, 0.15) is 29.8 Å². The van der Waals surface area contributed by atoms with Crippen molar-refractivity contribution in [2.24, 2.45) is 5.92 Å². The van der Waals surface area contributed by atoms with Gasteiger partial charge in [-0.15, -0.1) is 0 Å². The molecule has 1 aliphatic heterocycles. The Morgan fingerprint density at radius 3 is 2.02 bits per heavy atom. The van der Waals surface area contributed by atoms with Gasteiger partial charge in [0.2, 0.25) is 17.7 Å². The van der Waals surface area contributed by atoms with Gasteiger partial charge in [0, 0.05) is 19.5 Å². The standard InChI is InChI=1S/C41H58N4O7/c1-7-8-27-51-39(49)35(33(29-19-12-9-13-20-29)30-21-14-10-15-22-30)43-37(47)32-25-18-26-45(32)38(48)34(31-23-16-11-17-24-31)42-36(46)28(2)44(6)40(50)52-41(3,4)5/h9-10,12-15,19-22,28,31-35H,7-8,11,16-18,23-27H2,1-6H3,(H,42,46)(H,43,47)/t28-,32-,34-,35-/m0/s1. The average Bonchev–Trinajstić information content (AvgIpc) is 3.64. The number of nitrogens with one attached hydrogen (secondary N) is 2. The molecule has 1 heterocycles. The third-order valence-corrected chi connectivity index (χ3v) is 10.1. The van der Waals surface area contributed by atoms with Crippen LogP contribution in [0.15, 0.2) is 60.7 Å². The Hall–Kier alpha value is -4.41. The Morgan fingerprint density at radius 2 is 1.46 bits per heavy atom. The van der Waals surface area contributed by atoms with Crippen LogP contribution in [0, 0.1) is 5.92 Å². The first kappa shape index (κ1) is 40.4. The van der Waals surface area contributed by atoms with Gasteiger partial charge >= 0.3 is 12.1 Å². The highest BCUT2D eigenvalue weighted by Gasteiger charge is 2.43. The second kappa shape index (κ2) is 18.9. The largest absolute Gasteiger partial charge is 0.464 e. The third-order valence-electron chi connectivity index (χ3n) is 10.1. The van der Waals surface area contributed by atoms with E-state index in [1.165, 1.54) is 11.9 Å². The quantitative estimate of drug-likeness (QED) is 0.182. The maximum Gasteiger partial charge on any atom is 0.410 e. The summed E-state index contributed by atoms with van der Waals surface area (Å²) in [6, 6.07) is 15.5. The maximum absolute atomic E-state index is 14.5. The van der Waals surface area contributed by atoms with Crippen LogP contribution in [0.1, 0.15) is 109 Å². The zero-order chi connectivity index (χ0) is 37.8. The molecule has 0 unspecified atom stereocenters. The average molecular weight is 719 g/mol. The molecule has 1 aliphatic carbocycles. The number of benzene rings is 2. The van der Waals surface area contributed by atoms with Crippen molar-refractivity contribution in [3.8, 4) is 0 Å². The van der Waals surface area contributed by atoms with Crippen LogP contribution in [0.25, 0.3) is 0 Å². The second-order valence-corrected chi connectivity index (χ2v) is 15.1. The van der Waals surface area contributed by atoms with Gasteiger partial charge in [-0.3, -0.25) is 19.3 Å². The highest BCUT2D eigenvalue weighted by atomic mass is 16.6. The molecular weight excluding hydrogens is 660 g/mol. The SMILES string of the molecule is CCCCOC(=O)[C@@H](NC(=O)[C@@H]1CCCN1C(=O)[C@@H](NC(=O)[C@H](C)N(C)C(=O)OC(C)(C)C)C1CCCCC1)C(c1ccccc1)c1ccccc1. The van der Waals surface area contributed by atoms with Crippen LogP contribution in [-0.2, 0) is 28.7 Å². The van der Waals surface area contributed by atoms with Crippen LogP contribution >= 0.6 is 0 Å². The van der Waals surface area contributed by atoms with Gasteiger partial charge in [0.15, 0.2) is 0 Å². The van der Waals surface area contributed by atoms with E-state index in [4.69, 9.17) is 9.47 Å². The van der Waals surface area contributed by atoms with Gasteiger partial charge < -0.3 is 25.0 Å². The summed E-state index contributed by atoms with van der Waals surface area (Å²) in [5.74, 6) is -2.42. The van der Waals surface area contributed by atoms with Gasteiger partial charge in [0.05, 0.1) is 6.61 Å². The molecule has 11 nitrogen and oxygen atoms in total. The molecule has 0 spiro atoms.